The first-order valence-electron chi connectivity index (χ1n) is 8.31. The topological polar surface area (TPSA) is 88.0 Å². The minimum atomic E-state index is -1.20. The third-order valence-electron chi connectivity index (χ3n) is 4.05. The van der Waals surface area contributed by atoms with Gasteiger partial charge in [0.2, 0.25) is 0 Å². The van der Waals surface area contributed by atoms with Crippen LogP contribution in [0.1, 0.15) is 54.0 Å². The second-order valence-corrected chi connectivity index (χ2v) is 8.24. The fourth-order valence-electron chi connectivity index (χ4n) is 1.89. The molecule has 0 spiro atoms. The van der Waals surface area contributed by atoms with Gasteiger partial charge in [-0.25, -0.2) is 4.79 Å². The van der Waals surface area contributed by atoms with Gasteiger partial charge in [-0.05, 0) is 72.5 Å². The van der Waals surface area contributed by atoms with Gasteiger partial charge < -0.3 is 19.5 Å². The number of nitrogens with one attached hydrogen (secondary N) is 1. The first-order chi connectivity index (χ1) is 11.1. The SMILES string of the molecule is Cc1cc(B(O)OC(C)(C)C(C)(C)O)ccc1NC(=O)OC(C)(C)C. The molecule has 25 heavy (non-hydrogen) atoms. The van der Waals surface area contributed by atoms with E-state index >= 15 is 0 Å². The Hall–Kier alpha value is -1.57. The van der Waals surface area contributed by atoms with Gasteiger partial charge in [0.1, 0.15) is 5.60 Å². The molecule has 0 aliphatic heterocycles. The molecule has 0 radical (unpaired) electrons. The van der Waals surface area contributed by atoms with Crippen LogP contribution in [0.4, 0.5) is 10.5 Å². The molecular weight excluding hydrogens is 321 g/mol. The monoisotopic (exact) mass is 351 g/mol. The number of aliphatic hydroxyl groups is 1. The van der Waals surface area contributed by atoms with Crippen molar-refractivity contribution in [2.24, 2.45) is 0 Å². The third-order valence-corrected chi connectivity index (χ3v) is 4.05. The highest BCUT2D eigenvalue weighted by Gasteiger charge is 2.39. The van der Waals surface area contributed by atoms with Gasteiger partial charge in [0, 0.05) is 5.69 Å². The Bertz CT molecular complexity index is 617. The van der Waals surface area contributed by atoms with Crippen LogP contribution in [0.25, 0.3) is 0 Å². The molecule has 0 saturated carbocycles. The molecule has 3 N–H and O–H groups in total. The summed E-state index contributed by atoms with van der Waals surface area (Å²) in [6, 6.07) is 5.06. The molecule has 0 aliphatic rings. The van der Waals surface area contributed by atoms with Crippen LogP contribution >= 0.6 is 0 Å². The number of carbonyl (C=O) groups excluding carboxylic acids is 1. The van der Waals surface area contributed by atoms with Crippen molar-refractivity contribution < 1.29 is 24.3 Å². The van der Waals surface area contributed by atoms with Gasteiger partial charge >= 0.3 is 13.2 Å². The number of rotatable bonds is 5. The number of anilines is 1. The maximum absolute atomic E-state index is 11.9. The Labute approximate surface area is 150 Å². The van der Waals surface area contributed by atoms with E-state index in [1.54, 1.807) is 66.7 Å². The summed E-state index contributed by atoms with van der Waals surface area (Å²) in [5.74, 6) is 0. The van der Waals surface area contributed by atoms with Crippen LogP contribution in [0.3, 0.4) is 0 Å². The van der Waals surface area contributed by atoms with Crippen molar-refractivity contribution >= 4 is 24.4 Å². The predicted molar refractivity (Wildman–Crippen MR) is 100 cm³/mol. The highest BCUT2D eigenvalue weighted by molar-refractivity contribution is 6.60. The van der Waals surface area contributed by atoms with Crippen LogP contribution in [-0.2, 0) is 9.39 Å². The van der Waals surface area contributed by atoms with Crippen LogP contribution in [0, 0.1) is 6.92 Å². The average Bonchev–Trinajstić information content (AvgIpc) is 2.36. The summed E-state index contributed by atoms with van der Waals surface area (Å²) in [4.78, 5) is 11.9. The fourth-order valence-corrected chi connectivity index (χ4v) is 1.89. The Morgan fingerprint density at radius 3 is 2.12 bits per heavy atom. The quantitative estimate of drug-likeness (QED) is 0.710. The lowest BCUT2D eigenvalue weighted by Crippen LogP contribution is -2.53. The highest BCUT2D eigenvalue weighted by atomic mass is 16.6. The first-order valence-corrected chi connectivity index (χ1v) is 8.31. The largest absolute Gasteiger partial charge is 0.491 e. The summed E-state index contributed by atoms with van der Waals surface area (Å²) in [6.45, 7) is 13.9. The van der Waals surface area contributed by atoms with Crippen molar-refractivity contribution in [1.29, 1.82) is 0 Å². The molecule has 1 aromatic rings. The van der Waals surface area contributed by atoms with Crippen molar-refractivity contribution in [2.75, 3.05) is 5.32 Å². The number of aryl methyl sites for hydroxylation is 1. The lowest BCUT2D eigenvalue weighted by molar-refractivity contribution is -0.0982. The summed E-state index contributed by atoms with van der Waals surface area (Å²) < 4.78 is 10.8. The lowest BCUT2D eigenvalue weighted by atomic mass is 9.76. The molecule has 140 valence electrons. The van der Waals surface area contributed by atoms with E-state index in [0.29, 0.717) is 11.2 Å². The predicted octanol–water partition coefficient (Wildman–Crippen LogP) is 2.60. The van der Waals surface area contributed by atoms with Crippen LogP contribution in [0.5, 0.6) is 0 Å². The van der Waals surface area contributed by atoms with E-state index in [2.05, 4.69) is 5.32 Å². The molecule has 0 heterocycles. The molecular formula is C18H30BNO5. The van der Waals surface area contributed by atoms with Crippen molar-refractivity contribution in [3.05, 3.63) is 23.8 Å². The molecule has 1 rings (SSSR count). The number of amides is 1. The van der Waals surface area contributed by atoms with E-state index in [-0.39, 0.29) is 0 Å². The molecule has 0 bridgehead atoms. The average molecular weight is 351 g/mol. The van der Waals surface area contributed by atoms with Crippen molar-refractivity contribution in [1.82, 2.24) is 0 Å². The van der Waals surface area contributed by atoms with Crippen LogP contribution in [-0.4, -0.2) is 40.1 Å². The lowest BCUT2D eigenvalue weighted by Gasteiger charge is -2.38. The summed E-state index contributed by atoms with van der Waals surface area (Å²) >= 11 is 0. The van der Waals surface area contributed by atoms with E-state index in [0.717, 1.165) is 5.56 Å². The van der Waals surface area contributed by atoms with Gasteiger partial charge in [0.25, 0.3) is 0 Å². The van der Waals surface area contributed by atoms with Gasteiger partial charge in [-0.3, -0.25) is 5.32 Å². The Morgan fingerprint density at radius 2 is 1.68 bits per heavy atom. The smallest absolute Gasteiger partial charge is 0.444 e. The minimum Gasteiger partial charge on any atom is -0.444 e. The molecule has 0 aromatic heterocycles. The number of benzene rings is 1. The molecule has 1 amide bonds. The molecule has 7 heteroatoms. The zero-order valence-electron chi connectivity index (χ0n) is 16.4. The van der Waals surface area contributed by atoms with Gasteiger partial charge in [-0.2, -0.15) is 0 Å². The van der Waals surface area contributed by atoms with Crippen molar-refractivity contribution in [3.63, 3.8) is 0 Å². The molecule has 6 nitrogen and oxygen atoms in total. The fraction of sp³-hybridized carbons (Fsp3) is 0.611. The van der Waals surface area contributed by atoms with Gasteiger partial charge in [-0.15, -0.1) is 0 Å². The minimum absolute atomic E-state index is 0.532. The van der Waals surface area contributed by atoms with Crippen molar-refractivity contribution in [2.45, 2.75) is 72.2 Å². The number of carbonyl (C=O) groups is 1. The van der Waals surface area contributed by atoms with E-state index in [1.165, 1.54) is 0 Å². The Balaban J connectivity index is 2.86. The van der Waals surface area contributed by atoms with E-state index in [4.69, 9.17) is 9.39 Å². The van der Waals surface area contributed by atoms with Crippen LogP contribution < -0.4 is 10.8 Å². The van der Waals surface area contributed by atoms with Gasteiger partial charge in [0.15, 0.2) is 0 Å². The third kappa shape index (κ3) is 6.34. The summed E-state index contributed by atoms with van der Waals surface area (Å²) in [6.07, 6.45) is -0.539. The highest BCUT2D eigenvalue weighted by Crippen LogP contribution is 2.25. The second-order valence-electron chi connectivity index (χ2n) is 8.24. The Kier molecular flexibility index (Phi) is 6.32. The Morgan fingerprint density at radius 1 is 1.12 bits per heavy atom. The zero-order chi connectivity index (χ0) is 19.6. The number of hydrogen-bond donors (Lipinski definition) is 3. The molecule has 0 aliphatic carbocycles. The number of ether oxygens (including phenoxy) is 1. The molecule has 0 atom stereocenters. The molecule has 0 saturated heterocycles. The van der Waals surface area contributed by atoms with E-state index in [9.17, 15) is 14.9 Å². The van der Waals surface area contributed by atoms with Crippen LogP contribution in [0.15, 0.2) is 18.2 Å². The van der Waals surface area contributed by atoms with Crippen LogP contribution in [0.2, 0.25) is 0 Å². The molecule has 0 unspecified atom stereocenters. The summed E-state index contributed by atoms with van der Waals surface area (Å²) in [5.41, 5.74) is -0.775. The van der Waals surface area contributed by atoms with Gasteiger partial charge in [-0.1, -0.05) is 12.1 Å². The van der Waals surface area contributed by atoms with Crippen molar-refractivity contribution in [3.8, 4) is 0 Å². The van der Waals surface area contributed by atoms with E-state index < -0.39 is 30.0 Å². The maximum Gasteiger partial charge on any atom is 0.491 e. The van der Waals surface area contributed by atoms with E-state index in [1.807, 2.05) is 6.92 Å². The molecule has 0 fully saturated rings. The maximum atomic E-state index is 11.9. The number of hydrogen-bond acceptors (Lipinski definition) is 5. The molecule has 1 aromatic carbocycles. The van der Waals surface area contributed by atoms with Gasteiger partial charge in [0.05, 0.1) is 11.2 Å². The zero-order valence-corrected chi connectivity index (χ0v) is 16.4. The summed E-state index contributed by atoms with van der Waals surface area (Å²) in [7, 11) is -1.20. The normalized spacial score (nSPS) is 12.7. The standard InChI is InChI=1S/C18H30BNO5/c1-12-11-13(19(23)25-18(7,8)17(5,6)22)9-10-14(12)20-15(21)24-16(2,3)4/h9-11,22-23H,1-8H3,(H,20,21). The first kappa shape index (κ1) is 21.5. The summed E-state index contributed by atoms with van der Waals surface area (Å²) in [5, 5.41) is 23.1. The second kappa shape index (κ2) is 7.36.